The third kappa shape index (κ3) is 5.13. The quantitative estimate of drug-likeness (QED) is 0.751. The van der Waals surface area contributed by atoms with E-state index in [9.17, 15) is 13.2 Å². The van der Waals surface area contributed by atoms with Gasteiger partial charge in [0.15, 0.2) is 0 Å². The van der Waals surface area contributed by atoms with E-state index in [4.69, 9.17) is 0 Å². The molecule has 8 heteroatoms. The Hall–Kier alpha value is -0.730. The van der Waals surface area contributed by atoms with Gasteiger partial charge in [-0.2, -0.15) is 24.5 Å². The summed E-state index contributed by atoms with van der Waals surface area (Å²) in [6, 6.07) is 8.96. The average Bonchev–Trinajstić information content (AvgIpc) is 3.03. The highest BCUT2D eigenvalue weighted by atomic mass is 35.5. The normalized spacial score (nSPS) is 17.3. The van der Waals surface area contributed by atoms with Crippen molar-refractivity contribution in [2.45, 2.75) is 16.4 Å². The van der Waals surface area contributed by atoms with Gasteiger partial charge in [-0.05, 0) is 51.8 Å². The minimum atomic E-state index is -4.24. The first-order valence-corrected chi connectivity index (χ1v) is 9.11. The molecule has 1 aliphatic heterocycles. The monoisotopic (exact) mass is 394 g/mol. The molecule has 2 heterocycles. The van der Waals surface area contributed by atoms with Crippen LogP contribution in [0.5, 0.6) is 0 Å². The van der Waals surface area contributed by atoms with Gasteiger partial charge in [-0.1, -0.05) is 12.1 Å². The number of thiophene rings is 1. The van der Waals surface area contributed by atoms with Crippen molar-refractivity contribution in [2.75, 3.05) is 26.2 Å². The molecule has 1 saturated heterocycles. The van der Waals surface area contributed by atoms with Crippen LogP contribution in [0.15, 0.2) is 46.0 Å². The number of rotatable bonds is 4. The number of hydrogen-bond donors (Lipinski definition) is 1. The maximum absolute atomic E-state index is 12.5. The largest absolute Gasteiger partial charge is 0.446 e. The lowest BCUT2D eigenvalue weighted by molar-refractivity contribution is -0.0328. The molecule has 1 atom stereocenters. The van der Waals surface area contributed by atoms with Gasteiger partial charge < -0.3 is 5.32 Å². The highest BCUT2D eigenvalue weighted by Crippen LogP contribution is 2.38. The van der Waals surface area contributed by atoms with Gasteiger partial charge in [-0.25, -0.2) is 0 Å². The van der Waals surface area contributed by atoms with Gasteiger partial charge in [0.25, 0.3) is 0 Å². The number of piperazine rings is 1. The van der Waals surface area contributed by atoms with Crippen LogP contribution < -0.4 is 5.32 Å². The Balaban J connectivity index is 0.00000208. The van der Waals surface area contributed by atoms with Gasteiger partial charge in [-0.3, -0.25) is 4.90 Å². The van der Waals surface area contributed by atoms with E-state index in [1.165, 1.54) is 5.56 Å². The van der Waals surface area contributed by atoms with Gasteiger partial charge >= 0.3 is 5.51 Å². The molecule has 0 radical (unpaired) electrons. The summed E-state index contributed by atoms with van der Waals surface area (Å²) in [6.07, 6.45) is 0. The Morgan fingerprint density at radius 1 is 1.04 bits per heavy atom. The van der Waals surface area contributed by atoms with Gasteiger partial charge in [0.1, 0.15) is 0 Å². The summed E-state index contributed by atoms with van der Waals surface area (Å²) in [4.78, 5) is 2.61. The topological polar surface area (TPSA) is 15.3 Å². The lowest BCUT2D eigenvalue weighted by Crippen LogP contribution is -2.45. The van der Waals surface area contributed by atoms with E-state index in [1.807, 2.05) is 17.5 Å². The SMILES string of the molecule is Cl.FC(F)(F)Sc1ccc([C@@H](c2ccsc2)N2CCNCC2)cc1. The van der Waals surface area contributed by atoms with E-state index < -0.39 is 5.51 Å². The molecule has 1 aromatic heterocycles. The van der Waals surface area contributed by atoms with Crippen LogP contribution in [0.1, 0.15) is 17.2 Å². The molecule has 0 unspecified atom stereocenters. The van der Waals surface area contributed by atoms with Crippen molar-refractivity contribution in [2.24, 2.45) is 0 Å². The zero-order valence-corrected chi connectivity index (χ0v) is 15.2. The summed E-state index contributed by atoms with van der Waals surface area (Å²) in [6.45, 7) is 3.73. The fourth-order valence-electron chi connectivity index (χ4n) is 2.84. The molecule has 1 aliphatic rings. The molecule has 2 nitrogen and oxygen atoms in total. The van der Waals surface area contributed by atoms with Crippen molar-refractivity contribution in [1.29, 1.82) is 0 Å². The molecule has 2 aromatic rings. The summed E-state index contributed by atoms with van der Waals surface area (Å²) in [5, 5.41) is 7.49. The molecular weight excluding hydrogens is 377 g/mol. The van der Waals surface area contributed by atoms with Crippen molar-refractivity contribution in [3.63, 3.8) is 0 Å². The fourth-order valence-corrected chi connectivity index (χ4v) is 4.06. The maximum atomic E-state index is 12.5. The molecule has 1 aromatic carbocycles. The van der Waals surface area contributed by atoms with Crippen LogP contribution in [0.2, 0.25) is 0 Å². The minimum absolute atomic E-state index is 0. The fraction of sp³-hybridized carbons (Fsp3) is 0.375. The van der Waals surface area contributed by atoms with Crippen LogP contribution in [0.4, 0.5) is 13.2 Å². The van der Waals surface area contributed by atoms with Crippen LogP contribution in [0, 0.1) is 0 Å². The molecule has 1 N–H and O–H groups in total. The number of nitrogens with one attached hydrogen (secondary N) is 1. The zero-order valence-electron chi connectivity index (χ0n) is 12.8. The molecule has 0 aliphatic carbocycles. The predicted octanol–water partition coefficient (Wildman–Crippen LogP) is 4.78. The summed E-state index contributed by atoms with van der Waals surface area (Å²) in [7, 11) is 0. The molecule has 3 rings (SSSR count). The molecule has 0 saturated carbocycles. The molecule has 0 amide bonds. The highest BCUT2D eigenvalue weighted by molar-refractivity contribution is 8.00. The molecule has 24 heavy (non-hydrogen) atoms. The summed E-state index contributed by atoms with van der Waals surface area (Å²) in [5.41, 5.74) is -2.00. The summed E-state index contributed by atoms with van der Waals surface area (Å²) >= 11 is 1.58. The Morgan fingerprint density at radius 2 is 1.71 bits per heavy atom. The van der Waals surface area contributed by atoms with E-state index in [-0.39, 0.29) is 35.1 Å². The van der Waals surface area contributed by atoms with Crippen LogP contribution in [-0.4, -0.2) is 36.6 Å². The number of nitrogens with zero attached hydrogens (tertiary/aromatic N) is 1. The number of halogens is 4. The molecule has 1 fully saturated rings. The predicted molar refractivity (Wildman–Crippen MR) is 96.2 cm³/mol. The Bertz CT molecular complexity index is 611. The average molecular weight is 395 g/mol. The van der Waals surface area contributed by atoms with Crippen molar-refractivity contribution >= 4 is 35.5 Å². The van der Waals surface area contributed by atoms with E-state index >= 15 is 0 Å². The van der Waals surface area contributed by atoms with E-state index in [0.717, 1.165) is 31.7 Å². The Labute approximate surface area is 153 Å². The second-order valence-electron chi connectivity index (χ2n) is 5.36. The maximum Gasteiger partial charge on any atom is 0.446 e. The van der Waals surface area contributed by atoms with E-state index in [0.29, 0.717) is 0 Å². The lowest BCUT2D eigenvalue weighted by atomic mass is 9.99. The van der Waals surface area contributed by atoms with E-state index in [2.05, 4.69) is 21.7 Å². The van der Waals surface area contributed by atoms with Gasteiger partial charge in [0, 0.05) is 31.1 Å². The third-order valence-corrected chi connectivity index (χ3v) is 5.25. The van der Waals surface area contributed by atoms with Crippen molar-refractivity contribution in [3.8, 4) is 0 Å². The van der Waals surface area contributed by atoms with Crippen LogP contribution in [0.25, 0.3) is 0 Å². The number of alkyl halides is 3. The smallest absolute Gasteiger partial charge is 0.314 e. The molecule has 132 valence electrons. The van der Waals surface area contributed by atoms with Crippen LogP contribution >= 0.6 is 35.5 Å². The van der Waals surface area contributed by atoms with E-state index in [1.54, 1.807) is 23.5 Å². The highest BCUT2D eigenvalue weighted by Gasteiger charge is 2.29. The lowest BCUT2D eigenvalue weighted by Gasteiger charge is -2.35. The third-order valence-electron chi connectivity index (χ3n) is 3.81. The van der Waals surface area contributed by atoms with Gasteiger partial charge in [0.2, 0.25) is 0 Å². The van der Waals surface area contributed by atoms with Crippen LogP contribution in [-0.2, 0) is 0 Å². The molecular formula is C16H18ClF3N2S2. The zero-order chi connectivity index (χ0) is 16.3. The van der Waals surface area contributed by atoms with Crippen molar-refractivity contribution in [1.82, 2.24) is 10.2 Å². The first-order valence-electron chi connectivity index (χ1n) is 7.35. The first-order chi connectivity index (χ1) is 11.0. The summed E-state index contributed by atoms with van der Waals surface area (Å²) < 4.78 is 37.4. The first kappa shape index (κ1) is 19.6. The number of benzene rings is 1. The molecule has 0 bridgehead atoms. The minimum Gasteiger partial charge on any atom is -0.314 e. The number of hydrogen-bond acceptors (Lipinski definition) is 4. The second-order valence-corrected chi connectivity index (χ2v) is 7.28. The molecule has 0 spiro atoms. The van der Waals surface area contributed by atoms with Crippen molar-refractivity contribution < 1.29 is 13.2 Å². The van der Waals surface area contributed by atoms with Crippen molar-refractivity contribution in [3.05, 3.63) is 52.2 Å². The standard InChI is InChI=1S/C16H17F3N2S2.ClH/c17-16(18,19)23-14-3-1-12(2-4-14)15(13-5-10-22-11-13)21-8-6-20-7-9-21;/h1-5,10-11,15,20H,6-9H2;1H/t15-;/m0./s1. The van der Waals surface area contributed by atoms with Gasteiger partial charge in [-0.15, -0.1) is 12.4 Å². The summed E-state index contributed by atoms with van der Waals surface area (Å²) in [5.74, 6) is 0. The Morgan fingerprint density at radius 3 is 2.25 bits per heavy atom. The van der Waals surface area contributed by atoms with Crippen LogP contribution in [0.3, 0.4) is 0 Å². The Kier molecular flexibility index (Phi) is 7.00. The van der Waals surface area contributed by atoms with Gasteiger partial charge in [0.05, 0.1) is 6.04 Å². The number of thioether (sulfide) groups is 1. The second kappa shape index (κ2) is 8.58.